The fraction of sp³-hybridized carbons (Fsp3) is 0.367. The van der Waals surface area contributed by atoms with Crippen molar-refractivity contribution in [3.8, 4) is 28.5 Å². The van der Waals surface area contributed by atoms with Crippen molar-refractivity contribution in [1.29, 1.82) is 0 Å². The van der Waals surface area contributed by atoms with Gasteiger partial charge in [0.2, 0.25) is 5.91 Å². The Hall–Kier alpha value is -4.02. The molecular formula is C30H33FN2O7. The fourth-order valence-corrected chi connectivity index (χ4v) is 4.47. The summed E-state index contributed by atoms with van der Waals surface area (Å²) in [5, 5.41) is 21.0. The molecule has 0 radical (unpaired) electrons. The van der Waals surface area contributed by atoms with Gasteiger partial charge in [-0.3, -0.25) is 9.59 Å². The lowest BCUT2D eigenvalue weighted by Gasteiger charge is -2.26. The minimum atomic E-state index is -1.58. The fourth-order valence-electron chi connectivity index (χ4n) is 4.47. The molecule has 0 spiro atoms. The number of amides is 1. The van der Waals surface area contributed by atoms with E-state index >= 15 is 0 Å². The number of nitrogens with two attached hydrogens (primary N) is 1. The number of benzene rings is 2. The molecule has 212 valence electrons. The molecule has 4 rings (SSSR count). The van der Waals surface area contributed by atoms with Gasteiger partial charge in [0.05, 0.1) is 18.9 Å². The van der Waals surface area contributed by atoms with Crippen LogP contribution in [0.2, 0.25) is 0 Å². The summed E-state index contributed by atoms with van der Waals surface area (Å²) in [6.45, 7) is 4.85. The van der Waals surface area contributed by atoms with Crippen LogP contribution in [0.5, 0.6) is 17.2 Å². The zero-order valence-corrected chi connectivity index (χ0v) is 22.9. The molecule has 0 saturated heterocycles. The first kappa shape index (κ1) is 29.0. The van der Waals surface area contributed by atoms with Crippen LogP contribution in [-0.2, 0) is 15.8 Å². The van der Waals surface area contributed by atoms with Crippen molar-refractivity contribution in [1.82, 2.24) is 4.98 Å². The number of methoxy groups -OCH3 is 1. The van der Waals surface area contributed by atoms with Crippen LogP contribution in [0.15, 0.2) is 48.5 Å². The van der Waals surface area contributed by atoms with Crippen LogP contribution in [0.25, 0.3) is 11.3 Å². The smallest absolute Gasteiger partial charge is 0.231 e. The highest BCUT2D eigenvalue weighted by Crippen LogP contribution is 2.46. The summed E-state index contributed by atoms with van der Waals surface area (Å²) >= 11 is 0. The van der Waals surface area contributed by atoms with Crippen molar-refractivity contribution >= 4 is 11.7 Å². The van der Waals surface area contributed by atoms with Crippen LogP contribution in [0.3, 0.4) is 0 Å². The van der Waals surface area contributed by atoms with Gasteiger partial charge in [0, 0.05) is 23.1 Å². The molecule has 0 aliphatic carbocycles. The number of primary amides is 1. The van der Waals surface area contributed by atoms with Crippen molar-refractivity contribution in [3.05, 3.63) is 71.2 Å². The SMILES string of the molecule is COc1cc(C(=O)CC[C@](C)(O)c2cc3c(c(-c4ccc(F)cc4)n2)OC[C@]3(C)C(N)=O)ccc1OC[C@@H](C)O. The van der Waals surface area contributed by atoms with E-state index in [1.165, 1.54) is 38.3 Å². The molecule has 0 saturated carbocycles. The third-order valence-electron chi connectivity index (χ3n) is 7.09. The second-order valence-electron chi connectivity index (χ2n) is 10.4. The summed E-state index contributed by atoms with van der Waals surface area (Å²) < 4.78 is 30.3. The highest BCUT2D eigenvalue weighted by Gasteiger charge is 2.45. The molecule has 2 heterocycles. The van der Waals surface area contributed by atoms with E-state index < -0.39 is 28.8 Å². The van der Waals surface area contributed by atoms with E-state index in [1.807, 2.05) is 0 Å². The molecule has 1 aliphatic heterocycles. The molecule has 0 unspecified atom stereocenters. The van der Waals surface area contributed by atoms with Gasteiger partial charge in [0.1, 0.15) is 41.5 Å². The van der Waals surface area contributed by atoms with Gasteiger partial charge in [-0.25, -0.2) is 9.37 Å². The summed E-state index contributed by atoms with van der Waals surface area (Å²) in [6, 6.07) is 11.9. The predicted octanol–water partition coefficient (Wildman–Crippen LogP) is 3.66. The lowest BCUT2D eigenvalue weighted by Crippen LogP contribution is -2.40. The maximum Gasteiger partial charge on any atom is 0.231 e. The lowest BCUT2D eigenvalue weighted by atomic mass is 9.81. The topological polar surface area (TPSA) is 141 Å². The Balaban J connectivity index is 1.63. The van der Waals surface area contributed by atoms with Gasteiger partial charge >= 0.3 is 0 Å². The van der Waals surface area contributed by atoms with Gasteiger partial charge in [-0.2, -0.15) is 0 Å². The molecule has 3 aromatic rings. The molecule has 1 amide bonds. The number of halogens is 1. The molecular weight excluding hydrogens is 519 g/mol. The van der Waals surface area contributed by atoms with E-state index in [-0.39, 0.29) is 37.5 Å². The number of ether oxygens (including phenoxy) is 3. The summed E-state index contributed by atoms with van der Waals surface area (Å²) in [5.41, 5.74) is 4.89. The van der Waals surface area contributed by atoms with Gasteiger partial charge in [-0.15, -0.1) is 0 Å². The minimum absolute atomic E-state index is 0.00359. The largest absolute Gasteiger partial charge is 0.493 e. The quantitative estimate of drug-likeness (QED) is 0.306. The molecule has 10 heteroatoms. The zero-order valence-electron chi connectivity index (χ0n) is 22.9. The lowest BCUT2D eigenvalue weighted by molar-refractivity contribution is -0.123. The summed E-state index contributed by atoms with van der Waals surface area (Å²) in [6.07, 6.45) is -0.688. The third-order valence-corrected chi connectivity index (χ3v) is 7.09. The number of ketones is 1. The molecule has 40 heavy (non-hydrogen) atoms. The average molecular weight is 553 g/mol. The second-order valence-corrected chi connectivity index (χ2v) is 10.4. The van der Waals surface area contributed by atoms with Crippen LogP contribution >= 0.6 is 0 Å². The predicted molar refractivity (Wildman–Crippen MR) is 145 cm³/mol. The molecule has 0 fully saturated rings. The Kier molecular flexibility index (Phi) is 8.13. The van der Waals surface area contributed by atoms with Crippen molar-refractivity contribution < 1.29 is 38.4 Å². The standard InChI is InChI=1S/C30H33FN2O7/c1-17(34)15-39-23-10-7-19(13-24(23)38-4)22(35)11-12-30(3,37)25-14-21-27(40-16-29(21,2)28(32)36)26(33-25)18-5-8-20(31)9-6-18/h5-10,13-14,17,34,37H,11-12,15-16H2,1-4H3,(H2,32,36)/t17-,29+,30+/m1/s1. The summed E-state index contributed by atoms with van der Waals surface area (Å²) in [5.74, 6) is -0.197. The Morgan fingerprint density at radius 2 is 1.90 bits per heavy atom. The number of rotatable bonds is 11. The maximum absolute atomic E-state index is 13.6. The number of hydrogen-bond acceptors (Lipinski definition) is 8. The Labute approximate surface area is 231 Å². The van der Waals surface area contributed by atoms with E-state index in [0.29, 0.717) is 39.6 Å². The first-order valence-electron chi connectivity index (χ1n) is 12.8. The van der Waals surface area contributed by atoms with Crippen LogP contribution in [0.4, 0.5) is 4.39 Å². The monoisotopic (exact) mass is 552 g/mol. The van der Waals surface area contributed by atoms with Crippen LogP contribution in [0.1, 0.15) is 55.2 Å². The number of aliphatic hydroxyl groups is 2. The zero-order chi connectivity index (χ0) is 29.2. The molecule has 9 nitrogen and oxygen atoms in total. The average Bonchev–Trinajstić information content (AvgIpc) is 3.28. The van der Waals surface area contributed by atoms with Crippen LogP contribution < -0.4 is 19.9 Å². The van der Waals surface area contributed by atoms with Crippen molar-refractivity contribution in [3.63, 3.8) is 0 Å². The van der Waals surface area contributed by atoms with E-state index in [9.17, 15) is 24.2 Å². The number of pyridine rings is 1. The Bertz CT molecular complexity index is 1420. The maximum atomic E-state index is 13.6. The van der Waals surface area contributed by atoms with Gasteiger partial charge < -0.3 is 30.2 Å². The summed E-state index contributed by atoms with van der Waals surface area (Å²) in [4.78, 5) is 30.1. The molecule has 4 N–H and O–H groups in total. The van der Waals surface area contributed by atoms with Gasteiger partial charge in [0.15, 0.2) is 17.3 Å². The Morgan fingerprint density at radius 3 is 2.52 bits per heavy atom. The van der Waals surface area contributed by atoms with E-state index in [2.05, 4.69) is 4.98 Å². The number of fused-ring (bicyclic) bond motifs is 1. The third kappa shape index (κ3) is 5.78. The molecule has 1 aromatic heterocycles. The molecule has 1 aliphatic rings. The first-order valence-corrected chi connectivity index (χ1v) is 12.8. The minimum Gasteiger partial charge on any atom is -0.493 e. The Morgan fingerprint density at radius 1 is 1.20 bits per heavy atom. The number of nitrogens with zero attached hydrogens (tertiary/aromatic N) is 1. The normalized spacial score (nSPS) is 18.3. The molecule has 2 aromatic carbocycles. The van der Waals surface area contributed by atoms with Crippen molar-refractivity contribution in [2.24, 2.45) is 5.73 Å². The number of aromatic nitrogens is 1. The van der Waals surface area contributed by atoms with Gasteiger partial charge in [-0.1, -0.05) is 0 Å². The van der Waals surface area contributed by atoms with E-state index in [0.717, 1.165) is 0 Å². The van der Waals surface area contributed by atoms with Crippen molar-refractivity contribution in [2.45, 2.75) is 50.7 Å². The van der Waals surface area contributed by atoms with E-state index in [4.69, 9.17) is 19.9 Å². The van der Waals surface area contributed by atoms with Gasteiger partial charge in [-0.05, 0) is 75.7 Å². The number of carbonyl (C=O) groups excluding carboxylic acids is 2. The summed E-state index contributed by atoms with van der Waals surface area (Å²) in [7, 11) is 1.45. The van der Waals surface area contributed by atoms with Crippen LogP contribution in [0, 0.1) is 5.82 Å². The first-order chi connectivity index (χ1) is 18.9. The number of hydrogen-bond donors (Lipinski definition) is 3. The van der Waals surface area contributed by atoms with Gasteiger partial charge in [0.25, 0.3) is 0 Å². The van der Waals surface area contributed by atoms with Crippen LogP contribution in [-0.4, -0.2) is 53.3 Å². The number of Topliss-reactive ketones (excluding diaryl/α,β-unsaturated/α-hetero) is 1. The number of carbonyl (C=O) groups is 2. The highest BCUT2D eigenvalue weighted by molar-refractivity contribution is 5.96. The van der Waals surface area contributed by atoms with Crippen molar-refractivity contribution in [2.75, 3.05) is 20.3 Å². The number of aliphatic hydroxyl groups excluding tert-OH is 1. The molecule has 3 atom stereocenters. The second kappa shape index (κ2) is 11.2. The van der Waals surface area contributed by atoms with E-state index in [1.54, 1.807) is 38.1 Å². The molecule has 0 bridgehead atoms. The highest BCUT2D eigenvalue weighted by atomic mass is 19.1.